The molecule has 0 spiro atoms. The molecule has 1 rings (SSSR count). The predicted molar refractivity (Wildman–Crippen MR) is 56.5 cm³/mol. The zero-order valence-electron chi connectivity index (χ0n) is 8.96. The SMILES string of the molecule is O[Si](O)(O)CCCCc1cc(F)c(F)c(F)c1. The van der Waals surface area contributed by atoms with Crippen LogP contribution < -0.4 is 0 Å². The summed E-state index contributed by atoms with van der Waals surface area (Å²) in [6.45, 7) is 0. The van der Waals surface area contributed by atoms with Gasteiger partial charge in [0.05, 0.1) is 0 Å². The van der Waals surface area contributed by atoms with Crippen molar-refractivity contribution in [2.24, 2.45) is 0 Å². The van der Waals surface area contributed by atoms with Gasteiger partial charge in [-0.15, -0.1) is 0 Å². The normalized spacial score (nSPS) is 11.9. The second kappa shape index (κ2) is 5.63. The zero-order valence-corrected chi connectivity index (χ0v) is 9.96. The van der Waals surface area contributed by atoms with Gasteiger partial charge in [-0.3, -0.25) is 0 Å². The van der Waals surface area contributed by atoms with Crippen LogP contribution in [-0.2, 0) is 6.42 Å². The quantitative estimate of drug-likeness (QED) is 0.428. The van der Waals surface area contributed by atoms with E-state index >= 15 is 0 Å². The van der Waals surface area contributed by atoms with Crippen LogP contribution in [0.25, 0.3) is 0 Å². The second-order valence-electron chi connectivity index (χ2n) is 3.85. The molecule has 0 aromatic heterocycles. The fraction of sp³-hybridized carbons (Fsp3) is 0.400. The van der Waals surface area contributed by atoms with Gasteiger partial charge in [-0.25, -0.2) is 13.2 Å². The Balaban J connectivity index is 2.48. The number of unbranched alkanes of at least 4 members (excludes halogenated alkanes) is 1. The third-order valence-corrected chi connectivity index (χ3v) is 3.30. The molecule has 0 bridgehead atoms. The van der Waals surface area contributed by atoms with Gasteiger partial charge in [-0.05, 0) is 37.0 Å². The summed E-state index contributed by atoms with van der Waals surface area (Å²) in [5.41, 5.74) is 0.294. The number of rotatable bonds is 5. The first-order valence-corrected chi connectivity index (χ1v) is 7.15. The largest absolute Gasteiger partial charge is 0.492 e. The lowest BCUT2D eigenvalue weighted by Gasteiger charge is -2.08. The minimum Gasteiger partial charge on any atom is -0.390 e. The van der Waals surface area contributed by atoms with Crippen molar-refractivity contribution in [3.8, 4) is 0 Å². The van der Waals surface area contributed by atoms with Crippen molar-refractivity contribution in [3.05, 3.63) is 35.1 Å². The van der Waals surface area contributed by atoms with Crippen molar-refractivity contribution in [1.82, 2.24) is 0 Å². The van der Waals surface area contributed by atoms with Crippen molar-refractivity contribution < 1.29 is 27.6 Å². The van der Waals surface area contributed by atoms with Gasteiger partial charge in [-0.2, -0.15) is 0 Å². The minimum absolute atomic E-state index is 0.126. The first kappa shape index (κ1) is 14.2. The first-order chi connectivity index (χ1) is 7.79. The summed E-state index contributed by atoms with van der Waals surface area (Å²) in [6, 6.07) is 1.68. The standard InChI is InChI=1S/C10H13F3O3Si/c11-8-5-7(6-9(12)10(8)13)3-1-2-4-17(14,15)16/h5-6,14-16H,1-4H2. The van der Waals surface area contributed by atoms with Crippen molar-refractivity contribution in [1.29, 1.82) is 0 Å². The van der Waals surface area contributed by atoms with Gasteiger partial charge in [-0.1, -0.05) is 0 Å². The molecule has 0 aliphatic heterocycles. The molecule has 7 heteroatoms. The van der Waals surface area contributed by atoms with E-state index < -0.39 is 26.3 Å². The van der Waals surface area contributed by atoms with E-state index in [4.69, 9.17) is 14.4 Å². The van der Waals surface area contributed by atoms with Crippen molar-refractivity contribution >= 4 is 8.80 Å². The van der Waals surface area contributed by atoms with E-state index in [1.807, 2.05) is 0 Å². The summed E-state index contributed by atoms with van der Waals surface area (Å²) in [5.74, 6) is -3.98. The Hall–Kier alpha value is -0.893. The Kier molecular flexibility index (Phi) is 4.69. The van der Waals surface area contributed by atoms with E-state index in [1.165, 1.54) is 0 Å². The molecule has 17 heavy (non-hydrogen) atoms. The highest BCUT2D eigenvalue weighted by atomic mass is 28.4. The summed E-state index contributed by atoms with van der Waals surface area (Å²) in [6.07, 6.45) is 1.01. The molecule has 3 nitrogen and oxygen atoms in total. The monoisotopic (exact) mass is 266 g/mol. The topological polar surface area (TPSA) is 60.7 Å². The van der Waals surface area contributed by atoms with Crippen molar-refractivity contribution in [3.63, 3.8) is 0 Å². The molecular formula is C10H13F3O3Si. The molecule has 0 saturated carbocycles. The smallest absolute Gasteiger partial charge is 0.390 e. The molecule has 0 radical (unpaired) electrons. The summed E-state index contributed by atoms with van der Waals surface area (Å²) in [5, 5.41) is 0. The number of aryl methyl sites for hydroxylation is 1. The van der Waals surface area contributed by atoms with E-state index in [0.29, 0.717) is 18.4 Å². The third kappa shape index (κ3) is 4.86. The molecule has 1 aromatic carbocycles. The maximum Gasteiger partial charge on any atom is 0.492 e. The maximum absolute atomic E-state index is 12.8. The van der Waals surface area contributed by atoms with Crippen LogP contribution >= 0.6 is 0 Å². The Morgan fingerprint density at radius 1 is 0.941 bits per heavy atom. The molecule has 0 aliphatic carbocycles. The number of hydrogen-bond donors (Lipinski definition) is 3. The Morgan fingerprint density at radius 2 is 1.47 bits per heavy atom. The Labute approximate surface area is 97.5 Å². The van der Waals surface area contributed by atoms with E-state index in [-0.39, 0.29) is 12.5 Å². The highest BCUT2D eigenvalue weighted by molar-refractivity contribution is 6.56. The van der Waals surface area contributed by atoms with Gasteiger partial charge in [0.15, 0.2) is 17.5 Å². The second-order valence-corrected chi connectivity index (χ2v) is 5.90. The van der Waals surface area contributed by atoms with Crippen LogP contribution in [0.2, 0.25) is 6.04 Å². The first-order valence-electron chi connectivity index (χ1n) is 5.10. The average Bonchev–Trinajstić information content (AvgIpc) is 2.19. The van der Waals surface area contributed by atoms with E-state index in [1.54, 1.807) is 0 Å². The van der Waals surface area contributed by atoms with E-state index in [0.717, 1.165) is 12.1 Å². The van der Waals surface area contributed by atoms with Crippen molar-refractivity contribution in [2.45, 2.75) is 25.3 Å². The average molecular weight is 266 g/mol. The zero-order chi connectivity index (χ0) is 13.1. The maximum atomic E-state index is 12.8. The summed E-state index contributed by atoms with van der Waals surface area (Å²) in [4.78, 5) is 26.2. The van der Waals surface area contributed by atoms with Crippen LogP contribution in [0, 0.1) is 17.5 Å². The van der Waals surface area contributed by atoms with Gasteiger partial charge in [0, 0.05) is 6.04 Å². The van der Waals surface area contributed by atoms with Crippen molar-refractivity contribution in [2.75, 3.05) is 0 Å². The van der Waals surface area contributed by atoms with Gasteiger partial charge < -0.3 is 14.4 Å². The van der Waals surface area contributed by atoms with Crippen LogP contribution in [0.3, 0.4) is 0 Å². The van der Waals surface area contributed by atoms with E-state index in [2.05, 4.69) is 0 Å². The molecule has 96 valence electrons. The Morgan fingerprint density at radius 3 is 1.94 bits per heavy atom. The minimum atomic E-state index is -4.03. The lowest BCUT2D eigenvalue weighted by Crippen LogP contribution is -2.34. The number of halogens is 3. The molecule has 3 N–H and O–H groups in total. The molecule has 0 saturated heterocycles. The fourth-order valence-corrected chi connectivity index (χ4v) is 2.17. The van der Waals surface area contributed by atoms with Crippen LogP contribution in [-0.4, -0.2) is 23.2 Å². The lowest BCUT2D eigenvalue weighted by molar-refractivity contribution is 0.226. The molecule has 0 unspecified atom stereocenters. The molecule has 0 atom stereocenters. The molecule has 1 aromatic rings. The number of hydrogen-bond acceptors (Lipinski definition) is 3. The molecule has 0 amide bonds. The molecule has 0 aliphatic rings. The highest BCUT2D eigenvalue weighted by Gasteiger charge is 2.25. The van der Waals surface area contributed by atoms with E-state index in [9.17, 15) is 13.2 Å². The van der Waals surface area contributed by atoms with Gasteiger partial charge >= 0.3 is 8.80 Å². The highest BCUT2D eigenvalue weighted by Crippen LogP contribution is 2.16. The summed E-state index contributed by atoms with van der Waals surface area (Å²) >= 11 is 0. The van der Waals surface area contributed by atoms with Crippen LogP contribution in [0.1, 0.15) is 18.4 Å². The third-order valence-electron chi connectivity index (χ3n) is 2.27. The lowest BCUT2D eigenvalue weighted by atomic mass is 10.1. The van der Waals surface area contributed by atoms with Gasteiger partial charge in [0.25, 0.3) is 0 Å². The summed E-state index contributed by atoms with van der Waals surface area (Å²) in [7, 11) is -4.03. The van der Waals surface area contributed by atoms with Crippen LogP contribution in [0.4, 0.5) is 13.2 Å². The van der Waals surface area contributed by atoms with Gasteiger partial charge in [0.1, 0.15) is 0 Å². The summed E-state index contributed by atoms with van der Waals surface area (Å²) < 4.78 is 38.2. The molecular weight excluding hydrogens is 253 g/mol. The van der Waals surface area contributed by atoms with Crippen LogP contribution in [0.5, 0.6) is 0 Å². The van der Waals surface area contributed by atoms with Crippen LogP contribution in [0.15, 0.2) is 12.1 Å². The number of benzene rings is 1. The molecule has 0 heterocycles. The fourth-order valence-electron chi connectivity index (χ4n) is 1.44. The van der Waals surface area contributed by atoms with Gasteiger partial charge in [0.2, 0.25) is 0 Å². The Bertz CT molecular complexity index is 370. The predicted octanol–water partition coefficient (Wildman–Crippen LogP) is 1.34. The molecule has 0 fully saturated rings.